The van der Waals surface area contributed by atoms with Gasteiger partial charge >= 0.3 is 5.97 Å². The zero-order valence-electron chi connectivity index (χ0n) is 13.1. The fourth-order valence-electron chi connectivity index (χ4n) is 1.83. The maximum Gasteiger partial charge on any atom is 0.307 e. The fourth-order valence-corrected chi connectivity index (χ4v) is 3.09. The minimum atomic E-state index is -3.77. The lowest BCUT2D eigenvalue weighted by atomic mass is 10.3. The third-order valence-electron chi connectivity index (χ3n) is 2.80. The van der Waals surface area contributed by atoms with Gasteiger partial charge in [0, 0.05) is 12.1 Å². The molecule has 0 aromatic heterocycles. The van der Waals surface area contributed by atoms with E-state index in [1.807, 2.05) is 0 Å². The van der Waals surface area contributed by atoms with E-state index in [9.17, 15) is 13.2 Å². The van der Waals surface area contributed by atoms with Crippen LogP contribution in [-0.2, 0) is 19.6 Å². The van der Waals surface area contributed by atoms with Crippen molar-refractivity contribution in [3.8, 4) is 11.5 Å². The summed E-state index contributed by atoms with van der Waals surface area (Å²) in [5, 5.41) is 0. The van der Waals surface area contributed by atoms with Crippen LogP contribution in [0.15, 0.2) is 23.1 Å². The number of sulfonamides is 1. The molecule has 0 aliphatic rings. The zero-order chi connectivity index (χ0) is 16.8. The second-order valence-electron chi connectivity index (χ2n) is 4.55. The Hall–Kier alpha value is -1.80. The van der Waals surface area contributed by atoms with Gasteiger partial charge in [-0.05, 0) is 26.0 Å². The van der Waals surface area contributed by atoms with Gasteiger partial charge in [-0.25, -0.2) is 13.1 Å². The zero-order valence-corrected chi connectivity index (χ0v) is 13.9. The average Bonchev–Trinajstić information content (AvgIpc) is 2.45. The first-order chi connectivity index (χ1) is 10.3. The molecule has 22 heavy (non-hydrogen) atoms. The number of hydrogen-bond acceptors (Lipinski definition) is 6. The number of hydrogen-bond donors (Lipinski definition) is 1. The number of carbonyl (C=O) groups excluding carboxylic acids is 1. The van der Waals surface area contributed by atoms with Crippen molar-refractivity contribution in [1.29, 1.82) is 0 Å². The maximum atomic E-state index is 12.3. The normalized spacial score (nSPS) is 12.5. The summed E-state index contributed by atoms with van der Waals surface area (Å²) >= 11 is 0. The number of ether oxygens (including phenoxy) is 3. The molecule has 0 fully saturated rings. The first-order valence-corrected chi connectivity index (χ1v) is 8.22. The number of nitrogens with one attached hydrogen (secondary N) is 1. The molecule has 0 aliphatic heterocycles. The van der Waals surface area contributed by atoms with E-state index in [0.717, 1.165) is 0 Å². The third-order valence-corrected chi connectivity index (χ3v) is 4.39. The lowest BCUT2D eigenvalue weighted by Gasteiger charge is -2.15. The van der Waals surface area contributed by atoms with E-state index in [-0.39, 0.29) is 17.9 Å². The molecule has 7 nitrogen and oxygen atoms in total. The van der Waals surface area contributed by atoms with Crippen LogP contribution in [0.1, 0.15) is 20.3 Å². The summed E-state index contributed by atoms with van der Waals surface area (Å²) in [5.41, 5.74) is 0. The summed E-state index contributed by atoms with van der Waals surface area (Å²) in [4.78, 5) is 11.4. The Balaban J connectivity index is 2.88. The topological polar surface area (TPSA) is 90.9 Å². The highest BCUT2D eigenvalue weighted by Crippen LogP contribution is 2.29. The standard InChI is InChI=1S/C14H21NO6S/c1-5-21-14(16)8-10(2)15-22(17,18)11-6-7-12(19-3)13(9-11)20-4/h6-7,9-10,15H,5,8H2,1-4H3. The quantitative estimate of drug-likeness (QED) is 0.723. The largest absolute Gasteiger partial charge is 0.493 e. The number of benzene rings is 1. The Labute approximate surface area is 130 Å². The molecule has 0 saturated carbocycles. The molecule has 1 aromatic carbocycles. The molecule has 0 saturated heterocycles. The van der Waals surface area contributed by atoms with Crippen molar-refractivity contribution in [2.75, 3.05) is 20.8 Å². The highest BCUT2D eigenvalue weighted by molar-refractivity contribution is 7.89. The second-order valence-corrected chi connectivity index (χ2v) is 6.26. The molecule has 0 spiro atoms. The first-order valence-electron chi connectivity index (χ1n) is 6.74. The summed E-state index contributed by atoms with van der Waals surface area (Å²) < 4.78 is 41.9. The minimum absolute atomic E-state index is 0.0286. The van der Waals surface area contributed by atoms with Crippen molar-refractivity contribution in [2.45, 2.75) is 31.2 Å². The van der Waals surface area contributed by atoms with Crippen molar-refractivity contribution in [2.24, 2.45) is 0 Å². The molecule has 124 valence electrons. The number of methoxy groups -OCH3 is 2. The summed E-state index contributed by atoms with van der Waals surface area (Å²) in [6.45, 7) is 3.54. The Morgan fingerprint density at radius 3 is 2.41 bits per heavy atom. The second kappa shape index (κ2) is 8.00. The van der Waals surface area contributed by atoms with Crippen molar-refractivity contribution < 1.29 is 27.4 Å². The van der Waals surface area contributed by atoms with Gasteiger partial charge in [-0.2, -0.15) is 0 Å². The molecular formula is C14H21NO6S. The van der Waals surface area contributed by atoms with E-state index >= 15 is 0 Å². The molecule has 0 aliphatic carbocycles. The number of esters is 1. The molecule has 0 heterocycles. The summed E-state index contributed by atoms with van der Waals surface area (Å²) in [5.74, 6) is 0.287. The molecule has 1 aromatic rings. The highest BCUT2D eigenvalue weighted by Gasteiger charge is 2.21. The van der Waals surface area contributed by atoms with E-state index < -0.39 is 22.0 Å². The van der Waals surface area contributed by atoms with Gasteiger partial charge in [0.1, 0.15) is 0 Å². The SMILES string of the molecule is CCOC(=O)CC(C)NS(=O)(=O)c1ccc(OC)c(OC)c1. The van der Waals surface area contributed by atoms with E-state index in [1.165, 1.54) is 32.4 Å². The predicted molar refractivity (Wildman–Crippen MR) is 80.6 cm³/mol. The molecule has 0 radical (unpaired) electrons. The Bertz CT molecular complexity index is 614. The van der Waals surface area contributed by atoms with Crippen LogP contribution < -0.4 is 14.2 Å². The van der Waals surface area contributed by atoms with Gasteiger partial charge < -0.3 is 14.2 Å². The molecule has 8 heteroatoms. The van der Waals surface area contributed by atoms with Gasteiger partial charge in [-0.3, -0.25) is 4.79 Å². The average molecular weight is 331 g/mol. The number of carbonyl (C=O) groups is 1. The van der Waals surface area contributed by atoms with Crippen molar-refractivity contribution in [1.82, 2.24) is 4.72 Å². The van der Waals surface area contributed by atoms with E-state index in [4.69, 9.17) is 14.2 Å². The van der Waals surface area contributed by atoms with Gasteiger partial charge in [0.2, 0.25) is 10.0 Å². The molecule has 1 atom stereocenters. The molecule has 0 bridgehead atoms. The van der Waals surface area contributed by atoms with Crippen LogP contribution in [-0.4, -0.2) is 41.3 Å². The van der Waals surface area contributed by atoms with Crippen LogP contribution in [0.4, 0.5) is 0 Å². The van der Waals surface area contributed by atoms with E-state index in [1.54, 1.807) is 13.8 Å². The molecule has 1 unspecified atom stereocenters. The van der Waals surface area contributed by atoms with Crippen molar-refractivity contribution in [3.63, 3.8) is 0 Å². The van der Waals surface area contributed by atoms with E-state index in [0.29, 0.717) is 11.5 Å². The van der Waals surface area contributed by atoms with Crippen LogP contribution in [0.3, 0.4) is 0 Å². The lowest BCUT2D eigenvalue weighted by molar-refractivity contribution is -0.143. The monoisotopic (exact) mass is 331 g/mol. The van der Waals surface area contributed by atoms with Gasteiger partial charge in [0.05, 0.1) is 32.1 Å². The fraction of sp³-hybridized carbons (Fsp3) is 0.500. The summed E-state index contributed by atoms with van der Waals surface area (Å²) in [6, 6.07) is 3.68. The predicted octanol–water partition coefficient (Wildman–Crippen LogP) is 1.32. The van der Waals surface area contributed by atoms with Crippen LogP contribution in [0.5, 0.6) is 11.5 Å². The van der Waals surface area contributed by atoms with Crippen LogP contribution in [0.2, 0.25) is 0 Å². The van der Waals surface area contributed by atoms with Gasteiger partial charge in [0.25, 0.3) is 0 Å². The summed E-state index contributed by atoms with van der Waals surface area (Å²) in [7, 11) is -0.885. The molecule has 0 amide bonds. The van der Waals surface area contributed by atoms with Crippen molar-refractivity contribution in [3.05, 3.63) is 18.2 Å². The Morgan fingerprint density at radius 1 is 1.23 bits per heavy atom. The Kier molecular flexibility index (Phi) is 6.63. The van der Waals surface area contributed by atoms with E-state index in [2.05, 4.69) is 4.72 Å². The number of rotatable bonds is 8. The smallest absolute Gasteiger partial charge is 0.307 e. The maximum absolute atomic E-state index is 12.3. The van der Waals surface area contributed by atoms with Crippen LogP contribution >= 0.6 is 0 Å². The first kappa shape index (κ1) is 18.2. The molecular weight excluding hydrogens is 310 g/mol. The van der Waals surface area contributed by atoms with Crippen molar-refractivity contribution >= 4 is 16.0 Å². The molecule has 1 rings (SSSR count). The third kappa shape index (κ3) is 4.88. The lowest BCUT2D eigenvalue weighted by Crippen LogP contribution is -2.34. The summed E-state index contributed by atoms with van der Waals surface area (Å²) in [6.07, 6.45) is -0.0413. The van der Waals surface area contributed by atoms with Gasteiger partial charge in [0.15, 0.2) is 11.5 Å². The Morgan fingerprint density at radius 2 is 1.86 bits per heavy atom. The van der Waals surface area contributed by atoms with Crippen LogP contribution in [0.25, 0.3) is 0 Å². The van der Waals surface area contributed by atoms with Gasteiger partial charge in [-0.1, -0.05) is 0 Å². The highest BCUT2D eigenvalue weighted by atomic mass is 32.2. The van der Waals surface area contributed by atoms with Gasteiger partial charge in [-0.15, -0.1) is 0 Å². The molecule has 1 N–H and O–H groups in total. The minimum Gasteiger partial charge on any atom is -0.493 e. The van der Waals surface area contributed by atoms with Crippen LogP contribution in [0, 0.1) is 0 Å².